The summed E-state index contributed by atoms with van der Waals surface area (Å²) in [6.07, 6.45) is 1.80. The summed E-state index contributed by atoms with van der Waals surface area (Å²) in [4.78, 5) is 14.7. The van der Waals surface area contributed by atoms with E-state index >= 15 is 0 Å². The van der Waals surface area contributed by atoms with Gasteiger partial charge in [-0.1, -0.05) is 49.9 Å². The number of nitrogens with two attached hydrogens (primary N) is 2. The molecule has 0 amide bonds. The Balaban J connectivity index is 2.07. The third-order valence-corrected chi connectivity index (χ3v) is 5.11. The van der Waals surface area contributed by atoms with Crippen molar-refractivity contribution in [3.63, 3.8) is 0 Å². The highest BCUT2D eigenvalue weighted by Gasteiger charge is 2.20. The second kappa shape index (κ2) is 8.73. The first-order valence-corrected chi connectivity index (χ1v) is 9.63. The molecule has 0 saturated heterocycles. The van der Waals surface area contributed by atoms with Gasteiger partial charge in [-0.2, -0.15) is 0 Å². The average Bonchev–Trinajstić information content (AvgIpc) is 2.99. The third kappa shape index (κ3) is 4.89. The zero-order valence-corrected chi connectivity index (χ0v) is 16.4. The Kier molecular flexibility index (Phi) is 6.13. The number of guanidine groups is 1. The Morgan fingerprint density at radius 3 is 2.48 bits per heavy atom. The van der Waals surface area contributed by atoms with E-state index < -0.39 is 0 Å². The van der Waals surface area contributed by atoms with Crippen LogP contribution in [0.4, 0.5) is 0 Å². The minimum Gasteiger partial charge on any atom is -0.370 e. The van der Waals surface area contributed by atoms with E-state index in [0.717, 1.165) is 27.1 Å². The first-order chi connectivity index (χ1) is 13.0. The van der Waals surface area contributed by atoms with E-state index in [1.165, 1.54) is 0 Å². The van der Waals surface area contributed by atoms with Gasteiger partial charge < -0.3 is 16.0 Å². The molecule has 0 spiro atoms. The number of pyridine rings is 1. The smallest absolute Gasteiger partial charge is 0.186 e. The summed E-state index contributed by atoms with van der Waals surface area (Å²) in [5.74, 6) is 1.17. The van der Waals surface area contributed by atoms with Gasteiger partial charge in [-0.25, -0.2) is 9.98 Å². The second-order valence-electron chi connectivity index (χ2n) is 6.44. The van der Waals surface area contributed by atoms with Gasteiger partial charge in [0, 0.05) is 11.1 Å². The Labute approximate surface area is 163 Å². The monoisotopic (exact) mass is 380 g/mol. The van der Waals surface area contributed by atoms with Gasteiger partial charge in [0.05, 0.1) is 17.9 Å². The van der Waals surface area contributed by atoms with Crippen molar-refractivity contribution in [2.24, 2.45) is 16.5 Å². The van der Waals surface area contributed by atoms with E-state index in [9.17, 15) is 0 Å². The molecule has 2 aromatic heterocycles. The van der Waals surface area contributed by atoms with E-state index in [4.69, 9.17) is 16.5 Å². The van der Waals surface area contributed by atoms with Crippen LogP contribution in [-0.4, -0.2) is 20.5 Å². The fourth-order valence-electron chi connectivity index (χ4n) is 2.69. The van der Waals surface area contributed by atoms with Crippen molar-refractivity contribution < 1.29 is 0 Å². The Hall–Kier alpha value is -2.80. The molecule has 0 fully saturated rings. The molecule has 0 aliphatic carbocycles. The van der Waals surface area contributed by atoms with Crippen molar-refractivity contribution in [3.8, 4) is 0 Å². The third-order valence-electron chi connectivity index (χ3n) is 3.98. The number of nitrogens with zero attached hydrogens (tertiary/aromatic N) is 4. The first kappa shape index (κ1) is 19.0. The lowest BCUT2D eigenvalue weighted by Crippen LogP contribution is -2.23. The molecule has 140 valence electrons. The number of imidazole rings is 1. The van der Waals surface area contributed by atoms with Gasteiger partial charge >= 0.3 is 0 Å². The van der Waals surface area contributed by atoms with Crippen molar-refractivity contribution >= 4 is 17.7 Å². The van der Waals surface area contributed by atoms with E-state index in [1.807, 2.05) is 36.4 Å². The van der Waals surface area contributed by atoms with Gasteiger partial charge in [0.1, 0.15) is 17.4 Å². The molecule has 27 heavy (non-hydrogen) atoms. The molecule has 6 nitrogen and oxygen atoms in total. The average molecular weight is 381 g/mol. The molecule has 1 aromatic carbocycles. The van der Waals surface area contributed by atoms with Gasteiger partial charge in [0.25, 0.3) is 0 Å². The molecule has 0 aliphatic heterocycles. The van der Waals surface area contributed by atoms with Gasteiger partial charge in [0.15, 0.2) is 5.96 Å². The molecule has 3 aromatic rings. The predicted octanol–water partition coefficient (Wildman–Crippen LogP) is 3.37. The number of hydrogen-bond acceptors (Lipinski definition) is 4. The molecule has 2 heterocycles. The summed E-state index contributed by atoms with van der Waals surface area (Å²) in [5, 5.41) is 1.10. The lowest BCUT2D eigenvalue weighted by atomic mass is 10.1. The van der Waals surface area contributed by atoms with Gasteiger partial charge in [-0.05, 0) is 30.2 Å². The highest BCUT2D eigenvalue weighted by Crippen LogP contribution is 2.35. The predicted molar refractivity (Wildman–Crippen MR) is 110 cm³/mol. The summed E-state index contributed by atoms with van der Waals surface area (Å²) < 4.78 is 2.17. The minimum atomic E-state index is 0.0609. The maximum absolute atomic E-state index is 5.54. The zero-order valence-electron chi connectivity index (χ0n) is 15.5. The molecule has 7 heteroatoms. The summed E-state index contributed by atoms with van der Waals surface area (Å²) in [7, 11) is 0. The van der Waals surface area contributed by atoms with Crippen molar-refractivity contribution in [3.05, 3.63) is 71.9 Å². The topological polar surface area (TPSA) is 95.1 Å². The van der Waals surface area contributed by atoms with Crippen molar-refractivity contribution in [2.45, 2.75) is 42.8 Å². The van der Waals surface area contributed by atoms with Crippen LogP contribution in [0.1, 0.15) is 37.0 Å². The number of rotatable bonds is 7. The van der Waals surface area contributed by atoms with Crippen molar-refractivity contribution in [1.29, 1.82) is 0 Å². The van der Waals surface area contributed by atoms with E-state index in [-0.39, 0.29) is 11.9 Å². The minimum absolute atomic E-state index is 0.0609. The van der Waals surface area contributed by atoms with E-state index in [0.29, 0.717) is 13.1 Å². The number of hydrogen-bond donors (Lipinski definition) is 2. The molecule has 0 unspecified atom stereocenters. The highest BCUT2D eigenvalue weighted by molar-refractivity contribution is 7.99. The summed E-state index contributed by atoms with van der Waals surface area (Å²) >= 11 is 1.71. The van der Waals surface area contributed by atoms with Gasteiger partial charge in [-0.3, -0.25) is 4.98 Å². The molecule has 0 bridgehead atoms. The van der Waals surface area contributed by atoms with Crippen LogP contribution in [0.25, 0.3) is 0 Å². The standard InChI is InChI=1S/C20H24N6S/c1-14(2)18-19(27-16-9-4-3-5-10-16)26(13-15-8-6-7-11-23-15)17(25-18)12-24-20(21)22/h3-11,14H,12-13H2,1-2H3,(H4,21,22,24). The Bertz CT molecular complexity index is 899. The van der Waals surface area contributed by atoms with E-state index in [2.05, 4.69) is 40.5 Å². The maximum atomic E-state index is 5.54. The fourth-order valence-corrected chi connectivity index (χ4v) is 3.87. The lowest BCUT2D eigenvalue weighted by molar-refractivity contribution is 0.657. The van der Waals surface area contributed by atoms with Gasteiger partial charge in [-0.15, -0.1) is 0 Å². The molecule has 3 rings (SSSR count). The van der Waals surface area contributed by atoms with Crippen LogP contribution in [0.3, 0.4) is 0 Å². The second-order valence-corrected chi connectivity index (χ2v) is 7.50. The number of benzene rings is 1. The fraction of sp³-hybridized carbons (Fsp3) is 0.250. The lowest BCUT2D eigenvalue weighted by Gasteiger charge is -2.12. The molecular weight excluding hydrogens is 356 g/mol. The molecule has 0 aliphatic rings. The normalized spacial score (nSPS) is 10.9. The Morgan fingerprint density at radius 1 is 1.11 bits per heavy atom. The van der Waals surface area contributed by atoms with Crippen LogP contribution < -0.4 is 11.5 Å². The summed E-state index contributed by atoms with van der Waals surface area (Å²) in [6, 6.07) is 16.2. The summed E-state index contributed by atoms with van der Waals surface area (Å²) in [6.45, 7) is 5.25. The Morgan fingerprint density at radius 2 is 1.85 bits per heavy atom. The van der Waals surface area contributed by atoms with E-state index in [1.54, 1.807) is 18.0 Å². The van der Waals surface area contributed by atoms with Crippen LogP contribution in [0.2, 0.25) is 0 Å². The molecule has 0 atom stereocenters. The highest BCUT2D eigenvalue weighted by atomic mass is 32.2. The van der Waals surface area contributed by atoms with Crippen LogP contribution in [-0.2, 0) is 13.1 Å². The molecule has 0 saturated carbocycles. The maximum Gasteiger partial charge on any atom is 0.186 e. The van der Waals surface area contributed by atoms with Crippen molar-refractivity contribution in [1.82, 2.24) is 14.5 Å². The van der Waals surface area contributed by atoms with Crippen LogP contribution >= 0.6 is 11.8 Å². The van der Waals surface area contributed by atoms with Gasteiger partial charge in [0.2, 0.25) is 0 Å². The molecule has 4 N–H and O–H groups in total. The van der Waals surface area contributed by atoms with Crippen LogP contribution in [0.15, 0.2) is 69.6 Å². The quantitative estimate of drug-likeness (QED) is 0.484. The SMILES string of the molecule is CC(C)c1nc(CN=C(N)N)n(Cc2ccccn2)c1Sc1ccccc1. The molecular formula is C20H24N6S. The molecule has 0 radical (unpaired) electrons. The van der Waals surface area contributed by atoms with Crippen molar-refractivity contribution in [2.75, 3.05) is 0 Å². The zero-order chi connectivity index (χ0) is 19.2. The first-order valence-electron chi connectivity index (χ1n) is 8.82. The number of aromatic nitrogens is 3. The van der Waals surface area contributed by atoms with Crippen LogP contribution in [0.5, 0.6) is 0 Å². The number of aliphatic imine (C=N–C) groups is 1. The summed E-state index contributed by atoms with van der Waals surface area (Å²) in [5.41, 5.74) is 13.1. The largest absolute Gasteiger partial charge is 0.370 e. The van der Waals surface area contributed by atoms with Crippen LogP contribution in [0, 0.1) is 0 Å².